The van der Waals surface area contributed by atoms with Crippen molar-refractivity contribution in [1.82, 2.24) is 59.1 Å². The van der Waals surface area contributed by atoms with E-state index in [1.54, 1.807) is 0 Å². The van der Waals surface area contributed by atoms with Gasteiger partial charge in [-0.2, -0.15) is 20.4 Å². The first kappa shape index (κ1) is 18.6. The summed E-state index contributed by atoms with van der Waals surface area (Å²) in [6.45, 7) is 0. The molecule has 0 spiro atoms. The van der Waals surface area contributed by atoms with Crippen molar-refractivity contribution in [3.63, 3.8) is 0 Å². The molecule has 4 aromatic heterocycles. The summed E-state index contributed by atoms with van der Waals surface area (Å²) >= 11 is 0. The second-order valence-corrected chi connectivity index (χ2v) is 5.97. The van der Waals surface area contributed by atoms with Crippen molar-refractivity contribution in [3.05, 3.63) is 70.8 Å². The monoisotopic (exact) mass is 436 g/mol. The lowest BCUT2D eigenvalue weighted by atomic mass is 10.1. The molecule has 5 rings (SSSR count). The average Bonchev–Trinajstić information content (AvgIpc) is 3.59. The summed E-state index contributed by atoms with van der Waals surface area (Å²) in [5.74, 6) is 0. The Morgan fingerprint density at radius 3 is 1.12 bits per heavy atom. The Labute approximate surface area is 174 Å². The second kappa shape index (κ2) is 7.12. The molecule has 1 aromatic carbocycles. The number of benzene rings is 1. The summed E-state index contributed by atoms with van der Waals surface area (Å²) in [6, 6.07) is 0. The molecular weight excluding hydrogens is 428 g/mol. The number of nitrogens with zero attached hydrogens (tertiary/aromatic N) is 14. The van der Waals surface area contributed by atoms with Crippen molar-refractivity contribution in [2.75, 3.05) is 0 Å². The van der Waals surface area contributed by atoms with Crippen LogP contribution in [0.1, 0.15) is 0 Å². The molecule has 18 heteroatoms. The van der Waals surface area contributed by atoms with E-state index in [0.29, 0.717) is 0 Å². The van der Waals surface area contributed by atoms with Gasteiger partial charge in [0.15, 0.2) is 11.4 Å². The molecule has 0 aliphatic rings. The average molecular weight is 436 g/mol. The Balaban J connectivity index is 2.10. The van der Waals surface area contributed by atoms with Gasteiger partial charge in [0.05, 0.1) is 9.85 Å². The van der Waals surface area contributed by atoms with Crippen LogP contribution in [0, 0.1) is 20.2 Å². The molecule has 32 heavy (non-hydrogen) atoms. The van der Waals surface area contributed by atoms with E-state index in [2.05, 4.69) is 40.3 Å². The third-order valence-corrected chi connectivity index (χ3v) is 4.30. The highest BCUT2D eigenvalue weighted by Gasteiger charge is 2.42. The van der Waals surface area contributed by atoms with Crippen LogP contribution >= 0.6 is 0 Å². The van der Waals surface area contributed by atoms with Crippen LogP contribution in [0.15, 0.2) is 50.6 Å². The Morgan fingerprint density at radius 1 is 0.531 bits per heavy atom. The summed E-state index contributed by atoms with van der Waals surface area (Å²) in [7, 11) is 0. The van der Waals surface area contributed by atoms with Crippen molar-refractivity contribution in [2.24, 2.45) is 0 Å². The van der Waals surface area contributed by atoms with E-state index in [0.717, 1.165) is 44.0 Å². The van der Waals surface area contributed by atoms with Crippen LogP contribution in [0.2, 0.25) is 0 Å². The van der Waals surface area contributed by atoms with Crippen LogP contribution in [0.25, 0.3) is 22.7 Å². The maximum absolute atomic E-state index is 12.3. The first-order chi connectivity index (χ1) is 15.6. The number of nitro groups is 2. The topological polar surface area (TPSA) is 209 Å². The van der Waals surface area contributed by atoms with Crippen LogP contribution < -0.4 is 0 Å². The number of nitro benzene ring substituents is 2. The van der Waals surface area contributed by atoms with Gasteiger partial charge in [0, 0.05) is 0 Å². The largest absolute Gasteiger partial charge is 0.329 e. The summed E-state index contributed by atoms with van der Waals surface area (Å²) in [4.78, 5) is 38.4. The van der Waals surface area contributed by atoms with E-state index in [1.807, 2.05) is 0 Å². The Morgan fingerprint density at radius 2 is 0.844 bits per heavy atom. The fraction of sp³-hybridized carbons (Fsp3) is 0. The van der Waals surface area contributed by atoms with Crippen LogP contribution in [-0.2, 0) is 0 Å². The molecule has 0 N–H and O–H groups in total. The lowest BCUT2D eigenvalue weighted by molar-refractivity contribution is -0.393. The summed E-state index contributed by atoms with van der Waals surface area (Å²) in [5.41, 5.74) is -2.36. The lowest BCUT2D eigenvalue weighted by Gasteiger charge is -2.17. The zero-order valence-corrected chi connectivity index (χ0v) is 15.5. The summed E-state index contributed by atoms with van der Waals surface area (Å²) < 4.78 is 4.21. The molecule has 0 atom stereocenters. The van der Waals surface area contributed by atoms with Crippen LogP contribution in [0.4, 0.5) is 11.4 Å². The molecule has 0 unspecified atom stereocenters. The molecule has 158 valence electrons. The Hall–Kier alpha value is -5.42. The van der Waals surface area contributed by atoms with Crippen LogP contribution in [0.5, 0.6) is 0 Å². The predicted molar refractivity (Wildman–Crippen MR) is 99.4 cm³/mol. The normalized spacial score (nSPS) is 11.0. The van der Waals surface area contributed by atoms with Crippen molar-refractivity contribution in [3.8, 4) is 22.7 Å². The maximum atomic E-state index is 12.3. The van der Waals surface area contributed by atoms with E-state index < -0.39 is 26.9 Å². The predicted octanol–water partition coefficient (Wildman–Crippen LogP) is -0.174. The number of aromatic nitrogens is 12. The number of rotatable bonds is 6. The molecule has 5 aromatic rings. The third-order valence-electron chi connectivity index (χ3n) is 4.30. The van der Waals surface area contributed by atoms with Crippen LogP contribution in [-0.4, -0.2) is 68.9 Å². The molecule has 4 heterocycles. The Bertz CT molecular complexity index is 1330. The minimum atomic E-state index is -0.785. The minimum Gasteiger partial charge on any atom is -0.258 e. The number of hydrogen-bond donors (Lipinski definition) is 0. The van der Waals surface area contributed by atoms with Crippen molar-refractivity contribution >= 4 is 11.4 Å². The summed E-state index contributed by atoms with van der Waals surface area (Å²) in [5, 5.41) is 40.5. The van der Waals surface area contributed by atoms with Gasteiger partial charge in [-0.1, -0.05) is 0 Å². The minimum absolute atomic E-state index is 0.110. The van der Waals surface area contributed by atoms with Gasteiger partial charge in [-0.05, 0) is 0 Å². The highest BCUT2D eigenvalue weighted by molar-refractivity contribution is 5.88. The van der Waals surface area contributed by atoms with Gasteiger partial charge in [-0.3, -0.25) is 20.2 Å². The first-order valence-corrected chi connectivity index (χ1v) is 8.50. The first-order valence-electron chi connectivity index (χ1n) is 8.50. The molecule has 0 fully saturated rings. The quantitative estimate of drug-likeness (QED) is 0.251. The number of hydrogen-bond acceptors (Lipinski definition) is 12. The molecule has 18 nitrogen and oxygen atoms in total. The van der Waals surface area contributed by atoms with Gasteiger partial charge < -0.3 is 0 Å². The van der Waals surface area contributed by atoms with E-state index in [1.165, 1.54) is 25.3 Å². The third kappa shape index (κ3) is 2.74. The standard InChI is InChI=1S/C14H8N14O4/c29-27(30)13-10(24-6-16-2-20-24)9(23-5-15-1-19-23)11(25-7-17-3-21-25)14(28(31)32)12(13)26-8-18-4-22-26/h1-8H. The maximum Gasteiger partial charge on any atom is 0.329 e. The highest BCUT2D eigenvalue weighted by Crippen LogP contribution is 2.45. The van der Waals surface area contributed by atoms with Crippen molar-refractivity contribution < 1.29 is 9.85 Å². The summed E-state index contributed by atoms with van der Waals surface area (Å²) in [6.07, 6.45) is 9.28. The highest BCUT2D eigenvalue weighted by atomic mass is 16.6. The van der Waals surface area contributed by atoms with Crippen molar-refractivity contribution in [1.29, 1.82) is 0 Å². The molecule has 0 saturated carbocycles. The molecule has 0 aliphatic heterocycles. The zero-order chi connectivity index (χ0) is 22.2. The van der Waals surface area contributed by atoms with Gasteiger partial charge in [-0.15, -0.1) is 0 Å². The van der Waals surface area contributed by atoms with Gasteiger partial charge >= 0.3 is 11.4 Å². The van der Waals surface area contributed by atoms with Crippen LogP contribution in [0.3, 0.4) is 0 Å². The fourth-order valence-corrected chi connectivity index (χ4v) is 3.18. The van der Waals surface area contributed by atoms with E-state index in [-0.39, 0.29) is 17.1 Å². The van der Waals surface area contributed by atoms with E-state index >= 15 is 0 Å². The fourth-order valence-electron chi connectivity index (χ4n) is 3.18. The zero-order valence-electron chi connectivity index (χ0n) is 15.5. The Kier molecular flexibility index (Phi) is 4.14. The van der Waals surface area contributed by atoms with Gasteiger partial charge in [-0.25, -0.2) is 38.7 Å². The smallest absolute Gasteiger partial charge is 0.258 e. The molecule has 0 aliphatic carbocycles. The molecular formula is C14H8N14O4. The van der Waals surface area contributed by atoms with E-state index in [9.17, 15) is 20.2 Å². The SMILES string of the molecule is O=[N+]([O-])c1c(-n2cncn2)c(-n2cncn2)c(-n2cncn2)c([N+](=O)[O-])c1-n1cncn1. The molecule has 0 bridgehead atoms. The van der Waals surface area contributed by atoms with Gasteiger partial charge in [0.2, 0.25) is 5.69 Å². The lowest BCUT2D eigenvalue weighted by Crippen LogP contribution is -2.18. The molecule has 0 radical (unpaired) electrons. The van der Waals surface area contributed by atoms with Crippen molar-refractivity contribution in [2.45, 2.75) is 0 Å². The van der Waals surface area contributed by atoms with E-state index in [4.69, 9.17) is 0 Å². The van der Waals surface area contributed by atoms with Gasteiger partial charge in [0.1, 0.15) is 56.3 Å². The molecule has 0 saturated heterocycles. The second-order valence-electron chi connectivity index (χ2n) is 5.97. The van der Waals surface area contributed by atoms with Gasteiger partial charge in [0.25, 0.3) is 0 Å². The molecule has 0 amide bonds.